The van der Waals surface area contributed by atoms with Crippen LogP contribution in [0.1, 0.15) is 95.2 Å². The second-order valence-corrected chi connectivity index (χ2v) is 20.0. The number of phenols is 1. The van der Waals surface area contributed by atoms with Crippen molar-refractivity contribution in [1.29, 1.82) is 0 Å². The lowest BCUT2D eigenvalue weighted by atomic mass is 10.1. The molecule has 0 spiro atoms. The van der Waals surface area contributed by atoms with Gasteiger partial charge in [-0.25, -0.2) is 35.9 Å². The van der Waals surface area contributed by atoms with Gasteiger partial charge < -0.3 is 40.4 Å². The Labute approximate surface area is 423 Å². The third kappa shape index (κ3) is 23.5. The summed E-state index contributed by atoms with van der Waals surface area (Å²) < 4.78 is 91.0. The van der Waals surface area contributed by atoms with Gasteiger partial charge in [-0.15, -0.1) is 12.4 Å². The lowest BCUT2D eigenvalue weighted by Gasteiger charge is -2.19. The Morgan fingerprint density at radius 2 is 1.00 bits per heavy atom. The van der Waals surface area contributed by atoms with E-state index in [4.69, 9.17) is 59.5 Å². The first-order chi connectivity index (χ1) is 30.8. The molecule has 0 radical (unpaired) electrons. The molecule has 6 rings (SSSR count). The Kier molecular flexibility index (Phi) is 25.2. The summed E-state index contributed by atoms with van der Waals surface area (Å²) in [6.07, 6.45) is -5.25. The largest absolute Gasteiger partial charge is 0.508 e. The van der Waals surface area contributed by atoms with E-state index >= 15 is 0 Å². The van der Waals surface area contributed by atoms with Gasteiger partial charge in [0.2, 0.25) is 6.43 Å². The number of halogens is 11. The molecule has 5 N–H and O–H groups in total. The molecule has 6 unspecified atom stereocenters. The molecule has 2 amide bonds. The fourth-order valence-corrected chi connectivity index (χ4v) is 7.20. The summed E-state index contributed by atoms with van der Waals surface area (Å²) in [6, 6.07) is 15.1. The van der Waals surface area contributed by atoms with Crippen molar-refractivity contribution in [3.05, 3.63) is 86.4 Å². The van der Waals surface area contributed by atoms with Gasteiger partial charge in [0, 0.05) is 28.2 Å². The molecule has 0 heterocycles. The summed E-state index contributed by atoms with van der Waals surface area (Å²) in [5, 5.41) is 17.0. The number of nitrogens with two attached hydrogens (primary N) is 1. The van der Waals surface area contributed by atoms with Crippen LogP contribution in [0.15, 0.2) is 54.6 Å². The minimum atomic E-state index is -2.53. The van der Waals surface area contributed by atoms with Crippen LogP contribution >= 0.6 is 69.8 Å². The third-order valence-electron chi connectivity index (χ3n) is 9.86. The van der Waals surface area contributed by atoms with E-state index in [0.717, 1.165) is 36.0 Å². The molecule has 3 saturated carbocycles. The molecule has 3 aliphatic carbocycles. The number of amides is 2. The van der Waals surface area contributed by atoms with Crippen LogP contribution in [0, 0.1) is 17.8 Å². The van der Waals surface area contributed by atoms with Crippen LogP contribution < -0.4 is 25.8 Å². The van der Waals surface area contributed by atoms with E-state index in [1.165, 1.54) is 0 Å². The van der Waals surface area contributed by atoms with Crippen LogP contribution in [0.3, 0.4) is 0 Å². The van der Waals surface area contributed by atoms with E-state index in [2.05, 4.69) is 10.6 Å². The molecule has 3 aromatic rings. The number of aromatic hydroxyl groups is 1. The molecule has 0 bridgehead atoms. The summed E-state index contributed by atoms with van der Waals surface area (Å²) in [6.45, 7) is 11.2. The second kappa shape index (κ2) is 28.0. The fraction of sp³-hybridized carbons (Fsp3) is 0.565. The summed E-state index contributed by atoms with van der Waals surface area (Å²) >= 11 is 19.5. The van der Waals surface area contributed by atoms with Crippen molar-refractivity contribution in [1.82, 2.24) is 10.6 Å². The average Bonchev–Trinajstić information content (AvgIpc) is 4.12. The summed E-state index contributed by atoms with van der Waals surface area (Å²) in [7, 11) is 0. The Balaban J connectivity index is 0.000000329. The van der Waals surface area contributed by atoms with E-state index < -0.39 is 55.9 Å². The first-order valence-electron chi connectivity index (χ1n) is 21.2. The number of alkyl halides is 7. The van der Waals surface area contributed by atoms with Gasteiger partial charge in [0.1, 0.15) is 41.7 Å². The molecule has 6 atom stereocenters. The minimum Gasteiger partial charge on any atom is -0.508 e. The average molecular weight is 1150 g/mol. The van der Waals surface area contributed by atoms with E-state index in [-0.39, 0.29) is 40.3 Å². The van der Waals surface area contributed by atoms with Crippen molar-refractivity contribution in [2.45, 2.75) is 109 Å². The number of benzene rings is 3. The zero-order chi connectivity index (χ0) is 49.5. The van der Waals surface area contributed by atoms with E-state index in [1.54, 1.807) is 98.0 Å². The lowest BCUT2D eigenvalue weighted by molar-refractivity contribution is 0.0513. The van der Waals surface area contributed by atoms with Crippen LogP contribution in [-0.2, 0) is 9.47 Å². The van der Waals surface area contributed by atoms with Gasteiger partial charge in [0.25, 0.3) is 12.9 Å². The van der Waals surface area contributed by atoms with Gasteiger partial charge in [-0.05, 0) is 174 Å². The number of rotatable bonds is 15. The van der Waals surface area contributed by atoms with Crippen LogP contribution in [0.5, 0.6) is 17.2 Å². The molecule has 10 nitrogen and oxygen atoms in total. The smallest absolute Gasteiger partial charge is 0.407 e. The SMILES string of the molecule is CC(C)(C)OC(=O)NCC1CC1c1cc(Cl)ccc1O.CC(C)(C)OC(=O)NCC1CC1c1cc(Cl)ccc1OCC(F)F.Cl.FC(F)CI.NCC1CC1c1cc(Cl)ccc1OCC(F)F. The van der Waals surface area contributed by atoms with Gasteiger partial charge in [-0.2, -0.15) is 0 Å². The predicted molar refractivity (Wildman–Crippen MR) is 261 cm³/mol. The zero-order valence-electron chi connectivity index (χ0n) is 37.9. The number of hydrogen-bond acceptors (Lipinski definition) is 8. The topological polar surface area (TPSA) is 141 Å². The molecule has 378 valence electrons. The highest BCUT2D eigenvalue weighted by Gasteiger charge is 2.42. The summed E-state index contributed by atoms with van der Waals surface area (Å²) in [5.74, 6) is 2.82. The number of nitrogens with one attached hydrogen (secondary N) is 2. The second-order valence-electron chi connectivity index (χ2n) is 17.8. The number of alkyl carbamates (subject to hydrolysis) is 2. The quantitative estimate of drug-likeness (QED) is 0.0670. The zero-order valence-corrected chi connectivity index (χ0v) is 43.2. The lowest BCUT2D eigenvalue weighted by Crippen LogP contribution is -2.33. The maximum Gasteiger partial charge on any atom is 0.407 e. The first kappa shape index (κ1) is 60.2. The molecule has 0 saturated heterocycles. The van der Waals surface area contributed by atoms with Crippen molar-refractivity contribution in [3.8, 4) is 17.2 Å². The van der Waals surface area contributed by atoms with Crippen molar-refractivity contribution in [3.63, 3.8) is 0 Å². The van der Waals surface area contributed by atoms with Crippen molar-refractivity contribution in [2.24, 2.45) is 23.5 Å². The van der Waals surface area contributed by atoms with E-state index in [9.17, 15) is 41.0 Å². The van der Waals surface area contributed by atoms with Crippen LogP contribution in [0.2, 0.25) is 15.1 Å². The fourth-order valence-electron chi connectivity index (χ4n) is 6.66. The highest BCUT2D eigenvalue weighted by atomic mass is 127. The molecule has 3 aromatic carbocycles. The normalized spacial score (nSPS) is 20.1. The van der Waals surface area contributed by atoms with E-state index in [1.807, 2.05) is 20.8 Å². The summed E-state index contributed by atoms with van der Waals surface area (Å²) in [4.78, 5) is 23.2. The number of carbonyl (C=O) groups excluding carboxylic acids is 2. The summed E-state index contributed by atoms with van der Waals surface area (Å²) in [5.41, 5.74) is 7.10. The van der Waals surface area contributed by atoms with Gasteiger partial charge in [0.05, 0.1) is 4.43 Å². The van der Waals surface area contributed by atoms with Gasteiger partial charge >= 0.3 is 12.2 Å². The molecule has 0 aliphatic heterocycles. The monoisotopic (exact) mass is 1150 g/mol. The Bertz CT molecular complexity index is 2020. The molecule has 0 aromatic heterocycles. The Morgan fingerprint density at radius 1 is 0.657 bits per heavy atom. The Hall–Kier alpha value is -2.97. The molecular weight excluding hydrogens is 1090 g/mol. The molecule has 3 fully saturated rings. The van der Waals surface area contributed by atoms with Gasteiger partial charge in [0.15, 0.2) is 0 Å². The third-order valence-corrected chi connectivity index (χ3v) is 11.2. The Morgan fingerprint density at radius 3 is 1.34 bits per heavy atom. The van der Waals surface area contributed by atoms with Gasteiger partial charge in [-0.3, -0.25) is 0 Å². The first-order valence-corrected chi connectivity index (χ1v) is 23.8. The maximum absolute atomic E-state index is 12.4. The van der Waals surface area contributed by atoms with E-state index in [0.29, 0.717) is 64.0 Å². The van der Waals surface area contributed by atoms with Crippen molar-refractivity contribution >= 4 is 82.0 Å². The van der Waals surface area contributed by atoms with Crippen molar-refractivity contribution in [2.75, 3.05) is 37.3 Å². The van der Waals surface area contributed by atoms with Crippen LogP contribution in [0.4, 0.5) is 35.9 Å². The number of phenolic OH excluding ortho intramolecular Hbond substituents is 1. The molecule has 67 heavy (non-hydrogen) atoms. The predicted octanol–water partition coefficient (Wildman–Crippen LogP) is 13.4. The standard InChI is InChI=1S/C17H22ClF2NO3.C15H20ClNO3.C12H14ClF2NO.C2H3F2I.ClH/c1-17(2,3)24-16(22)21-8-10-6-12(10)13-7-11(18)4-5-14(13)23-9-15(19)20;1-15(2,3)20-14(19)17-8-9-6-11(9)12-7-10(16)4-5-13(12)18;13-8-1-2-11(17-6-12(14)15)10(4-8)9-3-7(9)5-16;3-2(4)1-5;/h4-5,7,10,12,15H,6,8-9H2,1-3H3,(H,21,22);4-5,7,9,11,18H,6,8H2,1-3H3,(H,17,19);1-2,4,7,9,12H,3,5-6,16H2;2H,1H2;1H. The van der Waals surface area contributed by atoms with Crippen LogP contribution in [-0.4, -0.2) is 85.0 Å². The molecule has 21 heteroatoms. The number of ether oxygens (including phenoxy) is 4. The molecular formula is C46H60Cl4F6IN3O7. The van der Waals surface area contributed by atoms with Crippen LogP contribution in [0.25, 0.3) is 0 Å². The highest BCUT2D eigenvalue weighted by molar-refractivity contribution is 14.1. The van der Waals surface area contributed by atoms with Crippen molar-refractivity contribution < 1.29 is 60.0 Å². The minimum absolute atomic E-state index is 0. The maximum atomic E-state index is 12.4. The number of hydrogen-bond donors (Lipinski definition) is 4. The molecule has 3 aliphatic rings. The highest BCUT2D eigenvalue weighted by Crippen LogP contribution is 2.52. The number of carbonyl (C=O) groups is 2. The van der Waals surface area contributed by atoms with Gasteiger partial charge in [-0.1, -0.05) is 57.4 Å².